The number of hydrogen-bond acceptors (Lipinski definition) is 6. The summed E-state index contributed by atoms with van der Waals surface area (Å²) in [6, 6.07) is 9.54. The van der Waals surface area contributed by atoms with Crippen molar-refractivity contribution < 1.29 is 9.53 Å². The molecule has 0 saturated carbocycles. The summed E-state index contributed by atoms with van der Waals surface area (Å²) in [6.45, 7) is 5.33. The van der Waals surface area contributed by atoms with Crippen LogP contribution in [0.5, 0.6) is 0 Å². The Labute approximate surface area is 157 Å². The van der Waals surface area contributed by atoms with Gasteiger partial charge in [-0.05, 0) is 24.6 Å². The Morgan fingerprint density at radius 3 is 2.73 bits per heavy atom. The minimum atomic E-state index is -0.261. The standard InChI is InChI=1S/C18H22ClN5O2/c1-2-26-18(25)24-11-9-23(10-12-24)17-20-8-7-16(22-17)21-13-14-5-3-4-6-15(14)19/h3-8H,2,9-13H2,1H3,(H,20,21,22). The van der Waals surface area contributed by atoms with Crippen molar-refractivity contribution >= 4 is 29.5 Å². The second-order valence-corrected chi connectivity index (χ2v) is 6.27. The molecule has 1 fully saturated rings. The Hall–Kier alpha value is -2.54. The van der Waals surface area contributed by atoms with Gasteiger partial charge >= 0.3 is 6.09 Å². The maximum Gasteiger partial charge on any atom is 0.409 e. The first kappa shape index (κ1) is 18.3. The molecule has 8 heteroatoms. The molecule has 1 saturated heterocycles. The average Bonchev–Trinajstić information content (AvgIpc) is 2.68. The molecular weight excluding hydrogens is 354 g/mol. The fourth-order valence-corrected chi connectivity index (χ4v) is 2.93. The molecule has 0 unspecified atom stereocenters. The van der Waals surface area contributed by atoms with Crippen LogP contribution in [0, 0.1) is 0 Å². The minimum absolute atomic E-state index is 0.261. The predicted octanol–water partition coefficient (Wildman–Crippen LogP) is 3.02. The fraction of sp³-hybridized carbons (Fsp3) is 0.389. The molecule has 1 N–H and O–H groups in total. The van der Waals surface area contributed by atoms with E-state index in [1.54, 1.807) is 11.1 Å². The van der Waals surface area contributed by atoms with Gasteiger partial charge < -0.3 is 19.9 Å². The molecule has 138 valence electrons. The summed E-state index contributed by atoms with van der Waals surface area (Å²) in [5, 5.41) is 4.00. The molecule has 0 atom stereocenters. The highest BCUT2D eigenvalue weighted by Gasteiger charge is 2.23. The minimum Gasteiger partial charge on any atom is -0.450 e. The lowest BCUT2D eigenvalue weighted by Gasteiger charge is -2.34. The molecule has 0 spiro atoms. The number of nitrogens with zero attached hydrogens (tertiary/aromatic N) is 4. The molecular formula is C18H22ClN5O2. The normalized spacial score (nSPS) is 14.2. The average molecular weight is 376 g/mol. The zero-order chi connectivity index (χ0) is 18.4. The molecule has 2 aromatic rings. The summed E-state index contributed by atoms with van der Waals surface area (Å²) in [5.41, 5.74) is 1.01. The zero-order valence-electron chi connectivity index (χ0n) is 14.7. The van der Waals surface area contributed by atoms with E-state index >= 15 is 0 Å². The Balaban J connectivity index is 1.58. The van der Waals surface area contributed by atoms with Crippen LogP contribution >= 0.6 is 11.6 Å². The van der Waals surface area contributed by atoms with E-state index < -0.39 is 0 Å². The van der Waals surface area contributed by atoms with E-state index in [4.69, 9.17) is 16.3 Å². The predicted molar refractivity (Wildman–Crippen MR) is 102 cm³/mol. The van der Waals surface area contributed by atoms with Gasteiger partial charge in [0.15, 0.2) is 0 Å². The number of piperazine rings is 1. The quantitative estimate of drug-likeness (QED) is 0.866. The molecule has 1 aromatic carbocycles. The van der Waals surface area contributed by atoms with E-state index in [-0.39, 0.29) is 6.09 Å². The molecule has 1 aliphatic rings. The van der Waals surface area contributed by atoms with Crippen molar-refractivity contribution in [2.45, 2.75) is 13.5 Å². The smallest absolute Gasteiger partial charge is 0.409 e. The fourth-order valence-electron chi connectivity index (χ4n) is 2.73. The van der Waals surface area contributed by atoms with Crippen molar-refractivity contribution in [1.82, 2.24) is 14.9 Å². The number of amides is 1. The molecule has 26 heavy (non-hydrogen) atoms. The van der Waals surface area contributed by atoms with Crippen LogP contribution in [0.4, 0.5) is 16.6 Å². The second-order valence-electron chi connectivity index (χ2n) is 5.86. The molecule has 1 aliphatic heterocycles. The van der Waals surface area contributed by atoms with Crippen molar-refractivity contribution in [2.75, 3.05) is 43.0 Å². The Bertz CT molecular complexity index is 750. The van der Waals surface area contributed by atoms with Crippen LogP contribution in [-0.4, -0.2) is 53.7 Å². The van der Waals surface area contributed by atoms with Gasteiger partial charge in [0, 0.05) is 43.9 Å². The van der Waals surface area contributed by atoms with Crippen LogP contribution in [0.2, 0.25) is 5.02 Å². The number of carbonyl (C=O) groups excluding carboxylic acids is 1. The maximum atomic E-state index is 11.8. The number of anilines is 2. The molecule has 0 aliphatic carbocycles. The van der Waals surface area contributed by atoms with Crippen LogP contribution in [0.3, 0.4) is 0 Å². The number of hydrogen-bond donors (Lipinski definition) is 1. The lowest BCUT2D eigenvalue weighted by atomic mass is 10.2. The molecule has 1 amide bonds. The summed E-state index contributed by atoms with van der Waals surface area (Å²) in [4.78, 5) is 24.5. The summed E-state index contributed by atoms with van der Waals surface area (Å²) < 4.78 is 5.04. The molecule has 1 aromatic heterocycles. The van der Waals surface area contributed by atoms with Gasteiger partial charge in [-0.1, -0.05) is 29.8 Å². The van der Waals surface area contributed by atoms with Gasteiger partial charge in [-0.15, -0.1) is 0 Å². The van der Waals surface area contributed by atoms with Crippen molar-refractivity contribution in [2.24, 2.45) is 0 Å². The number of carbonyl (C=O) groups is 1. The van der Waals surface area contributed by atoms with Gasteiger partial charge in [-0.3, -0.25) is 0 Å². The van der Waals surface area contributed by atoms with Crippen LogP contribution in [-0.2, 0) is 11.3 Å². The van der Waals surface area contributed by atoms with Gasteiger partial charge in [0.25, 0.3) is 0 Å². The summed E-state index contributed by atoms with van der Waals surface area (Å²) in [5.74, 6) is 1.39. The Morgan fingerprint density at radius 1 is 1.23 bits per heavy atom. The van der Waals surface area contributed by atoms with E-state index in [2.05, 4.69) is 20.2 Å². The third kappa shape index (κ3) is 4.54. The zero-order valence-corrected chi connectivity index (χ0v) is 15.4. The van der Waals surface area contributed by atoms with Crippen molar-refractivity contribution in [1.29, 1.82) is 0 Å². The van der Waals surface area contributed by atoms with Crippen LogP contribution in [0.25, 0.3) is 0 Å². The molecule has 2 heterocycles. The number of aromatic nitrogens is 2. The number of nitrogens with one attached hydrogen (secondary N) is 1. The van der Waals surface area contributed by atoms with Crippen molar-refractivity contribution in [3.05, 3.63) is 47.1 Å². The summed E-state index contributed by atoms with van der Waals surface area (Å²) >= 11 is 6.18. The van der Waals surface area contributed by atoms with Gasteiger partial charge in [0.2, 0.25) is 5.95 Å². The Morgan fingerprint density at radius 2 is 2.00 bits per heavy atom. The number of rotatable bonds is 5. The monoisotopic (exact) mass is 375 g/mol. The van der Waals surface area contributed by atoms with Gasteiger partial charge in [0.05, 0.1) is 6.61 Å². The van der Waals surface area contributed by atoms with Crippen molar-refractivity contribution in [3.63, 3.8) is 0 Å². The van der Waals surface area contributed by atoms with Crippen LogP contribution < -0.4 is 10.2 Å². The Kier molecular flexibility index (Phi) is 6.12. The lowest BCUT2D eigenvalue weighted by molar-refractivity contribution is 0.105. The number of ether oxygens (including phenoxy) is 1. The van der Waals surface area contributed by atoms with Crippen LogP contribution in [0.15, 0.2) is 36.5 Å². The largest absolute Gasteiger partial charge is 0.450 e. The number of halogens is 1. The SMILES string of the molecule is CCOC(=O)N1CCN(c2nccc(NCc3ccccc3Cl)n2)CC1. The summed E-state index contributed by atoms with van der Waals surface area (Å²) in [7, 11) is 0. The molecule has 3 rings (SSSR count). The highest BCUT2D eigenvalue weighted by molar-refractivity contribution is 6.31. The first-order valence-corrected chi connectivity index (χ1v) is 9.02. The van der Waals surface area contributed by atoms with Crippen LogP contribution in [0.1, 0.15) is 12.5 Å². The van der Waals surface area contributed by atoms with Crippen molar-refractivity contribution in [3.8, 4) is 0 Å². The summed E-state index contributed by atoms with van der Waals surface area (Å²) in [6.07, 6.45) is 1.47. The van der Waals surface area contributed by atoms with E-state index in [1.807, 2.05) is 37.3 Å². The number of benzene rings is 1. The first-order valence-electron chi connectivity index (χ1n) is 8.64. The molecule has 0 radical (unpaired) electrons. The van der Waals surface area contributed by atoms with Gasteiger partial charge in [-0.25, -0.2) is 9.78 Å². The van der Waals surface area contributed by atoms with E-state index in [0.29, 0.717) is 45.3 Å². The van der Waals surface area contributed by atoms with Gasteiger partial charge in [-0.2, -0.15) is 4.98 Å². The third-order valence-electron chi connectivity index (χ3n) is 4.15. The van der Waals surface area contributed by atoms with E-state index in [0.717, 1.165) is 16.4 Å². The first-order chi connectivity index (χ1) is 12.7. The highest BCUT2D eigenvalue weighted by Crippen LogP contribution is 2.18. The van der Waals surface area contributed by atoms with E-state index in [1.165, 1.54) is 0 Å². The maximum absolute atomic E-state index is 11.8. The topological polar surface area (TPSA) is 70.6 Å². The molecule has 7 nitrogen and oxygen atoms in total. The van der Waals surface area contributed by atoms with Gasteiger partial charge in [0.1, 0.15) is 5.82 Å². The van der Waals surface area contributed by atoms with E-state index in [9.17, 15) is 4.79 Å². The lowest BCUT2D eigenvalue weighted by Crippen LogP contribution is -2.49. The highest BCUT2D eigenvalue weighted by atomic mass is 35.5. The second kappa shape index (κ2) is 8.71. The third-order valence-corrected chi connectivity index (χ3v) is 4.52. The molecule has 0 bridgehead atoms.